The number of nitrogens with one attached hydrogen (secondary N) is 1. The van der Waals surface area contributed by atoms with E-state index < -0.39 is 17.7 Å². The zero-order valence-electron chi connectivity index (χ0n) is 13.1. The highest BCUT2D eigenvalue weighted by molar-refractivity contribution is 7.17. The van der Waals surface area contributed by atoms with E-state index in [1.54, 1.807) is 18.2 Å². The summed E-state index contributed by atoms with van der Waals surface area (Å²) in [7, 11) is 1.51. The molecule has 0 aliphatic rings. The summed E-state index contributed by atoms with van der Waals surface area (Å²) in [5, 5.41) is 3.18. The van der Waals surface area contributed by atoms with Gasteiger partial charge >= 0.3 is 6.03 Å². The van der Waals surface area contributed by atoms with Crippen molar-refractivity contribution in [2.45, 2.75) is 0 Å². The zero-order chi connectivity index (χ0) is 17.8. The number of benzene rings is 2. The van der Waals surface area contributed by atoms with Gasteiger partial charge in [0.25, 0.3) is 0 Å². The van der Waals surface area contributed by atoms with Crippen molar-refractivity contribution in [2.24, 2.45) is 0 Å². The van der Waals surface area contributed by atoms with Gasteiger partial charge < -0.3 is 4.74 Å². The Morgan fingerprint density at radius 3 is 2.76 bits per heavy atom. The maximum atomic E-state index is 13.6. The van der Waals surface area contributed by atoms with Crippen molar-refractivity contribution in [3.05, 3.63) is 66.4 Å². The summed E-state index contributed by atoms with van der Waals surface area (Å²) in [6.45, 7) is 0. The fourth-order valence-corrected chi connectivity index (χ4v) is 2.65. The Labute approximate surface area is 146 Å². The molecule has 0 bridgehead atoms. The van der Waals surface area contributed by atoms with Gasteiger partial charge in [-0.05, 0) is 30.3 Å². The zero-order valence-corrected chi connectivity index (χ0v) is 13.9. The van der Waals surface area contributed by atoms with E-state index >= 15 is 0 Å². The highest BCUT2D eigenvalue weighted by atomic mass is 32.1. The molecule has 2 aromatic carbocycles. The molecule has 0 fully saturated rings. The SMILES string of the molecule is CN(C(=O)Nc1ncc(Oc2ccccc2F)s1)c1cccc(F)c1. The number of aromatic nitrogens is 1. The van der Waals surface area contributed by atoms with E-state index in [1.165, 1.54) is 48.5 Å². The van der Waals surface area contributed by atoms with Crippen molar-refractivity contribution in [1.82, 2.24) is 4.98 Å². The van der Waals surface area contributed by atoms with E-state index in [1.807, 2.05) is 0 Å². The minimum Gasteiger partial charge on any atom is -0.442 e. The number of ether oxygens (including phenoxy) is 1. The van der Waals surface area contributed by atoms with E-state index in [9.17, 15) is 13.6 Å². The van der Waals surface area contributed by atoms with Crippen LogP contribution in [-0.4, -0.2) is 18.1 Å². The van der Waals surface area contributed by atoms with Gasteiger partial charge in [-0.15, -0.1) is 0 Å². The summed E-state index contributed by atoms with van der Waals surface area (Å²) in [5.74, 6) is -0.861. The minimum absolute atomic E-state index is 0.0703. The third kappa shape index (κ3) is 4.10. The first-order chi connectivity index (χ1) is 12.0. The minimum atomic E-state index is -0.493. The second-order valence-corrected chi connectivity index (χ2v) is 5.98. The highest BCUT2D eigenvalue weighted by Crippen LogP contribution is 2.31. The molecule has 2 amide bonds. The van der Waals surface area contributed by atoms with Crippen LogP contribution in [0, 0.1) is 11.6 Å². The molecule has 0 aliphatic heterocycles. The fraction of sp³-hybridized carbons (Fsp3) is 0.0588. The highest BCUT2D eigenvalue weighted by Gasteiger charge is 2.14. The van der Waals surface area contributed by atoms with Crippen molar-refractivity contribution in [3.63, 3.8) is 0 Å². The van der Waals surface area contributed by atoms with Gasteiger partial charge in [0.05, 0.1) is 6.20 Å². The summed E-state index contributed by atoms with van der Waals surface area (Å²) in [6.07, 6.45) is 1.38. The van der Waals surface area contributed by atoms with Gasteiger partial charge in [0.1, 0.15) is 5.82 Å². The maximum absolute atomic E-state index is 13.6. The Kier molecular flexibility index (Phi) is 4.90. The molecule has 5 nitrogen and oxygen atoms in total. The molecule has 0 saturated carbocycles. The Balaban J connectivity index is 1.66. The van der Waals surface area contributed by atoms with Gasteiger partial charge in [-0.25, -0.2) is 18.6 Å². The predicted molar refractivity (Wildman–Crippen MR) is 92.4 cm³/mol. The number of carbonyl (C=O) groups excluding carboxylic acids is 1. The first-order valence-corrected chi connectivity index (χ1v) is 8.03. The fourth-order valence-electron chi connectivity index (χ4n) is 1.98. The van der Waals surface area contributed by atoms with Gasteiger partial charge in [0, 0.05) is 12.7 Å². The third-order valence-electron chi connectivity index (χ3n) is 3.25. The van der Waals surface area contributed by atoms with Crippen LogP contribution in [0.15, 0.2) is 54.7 Å². The molecule has 1 heterocycles. The van der Waals surface area contributed by atoms with Crippen LogP contribution in [0.4, 0.5) is 24.4 Å². The Morgan fingerprint density at radius 2 is 2.00 bits per heavy atom. The monoisotopic (exact) mass is 361 g/mol. The van der Waals surface area contributed by atoms with Crippen LogP contribution in [0.5, 0.6) is 10.8 Å². The molecule has 0 spiro atoms. The third-order valence-corrected chi connectivity index (χ3v) is 4.04. The van der Waals surface area contributed by atoms with Crippen molar-refractivity contribution in [3.8, 4) is 10.8 Å². The van der Waals surface area contributed by atoms with Crippen LogP contribution in [0.1, 0.15) is 0 Å². The standard InChI is InChI=1S/C17H13F2N3O2S/c1-22(12-6-4-5-11(18)9-12)17(23)21-16-20-10-15(25-16)24-14-8-3-2-7-13(14)19/h2-10H,1H3,(H,20,21,23). The molecule has 8 heteroatoms. The number of urea groups is 1. The molecule has 3 aromatic rings. The smallest absolute Gasteiger partial charge is 0.327 e. The summed E-state index contributed by atoms with van der Waals surface area (Å²) in [4.78, 5) is 17.5. The van der Waals surface area contributed by atoms with Crippen LogP contribution in [0.25, 0.3) is 0 Å². The van der Waals surface area contributed by atoms with E-state index in [-0.39, 0.29) is 10.9 Å². The quantitative estimate of drug-likeness (QED) is 0.720. The average Bonchev–Trinajstić information content (AvgIpc) is 3.03. The lowest BCUT2D eigenvalue weighted by Crippen LogP contribution is -2.31. The number of thiazole rings is 1. The van der Waals surface area contributed by atoms with Gasteiger partial charge in [-0.2, -0.15) is 0 Å². The number of anilines is 2. The lowest BCUT2D eigenvalue weighted by atomic mass is 10.3. The van der Waals surface area contributed by atoms with Crippen molar-refractivity contribution < 1.29 is 18.3 Å². The summed E-state index contributed by atoms with van der Waals surface area (Å²) < 4.78 is 32.2. The molecule has 0 aliphatic carbocycles. The van der Waals surface area contributed by atoms with E-state index in [0.29, 0.717) is 10.8 Å². The first-order valence-electron chi connectivity index (χ1n) is 7.21. The Morgan fingerprint density at radius 1 is 1.20 bits per heavy atom. The second-order valence-electron chi connectivity index (χ2n) is 4.99. The number of nitrogens with zero attached hydrogens (tertiary/aromatic N) is 2. The van der Waals surface area contributed by atoms with E-state index in [0.717, 1.165) is 11.3 Å². The van der Waals surface area contributed by atoms with Gasteiger partial charge in [0.15, 0.2) is 16.7 Å². The molecule has 25 heavy (non-hydrogen) atoms. The summed E-state index contributed by atoms with van der Waals surface area (Å²) in [5.41, 5.74) is 0.400. The lowest BCUT2D eigenvalue weighted by Gasteiger charge is -2.16. The Bertz CT molecular complexity index is 901. The predicted octanol–water partition coefficient (Wildman–Crippen LogP) is 4.88. The van der Waals surface area contributed by atoms with Crippen molar-refractivity contribution in [1.29, 1.82) is 0 Å². The maximum Gasteiger partial charge on any atom is 0.327 e. The first kappa shape index (κ1) is 16.8. The average molecular weight is 361 g/mol. The topological polar surface area (TPSA) is 54.5 Å². The summed E-state index contributed by atoms with van der Waals surface area (Å²) in [6, 6.07) is 11.2. The van der Waals surface area contributed by atoms with Crippen molar-refractivity contribution >= 4 is 28.2 Å². The molecule has 0 unspecified atom stereocenters. The molecule has 128 valence electrons. The van der Waals surface area contributed by atoms with Crippen LogP contribution in [-0.2, 0) is 0 Å². The number of amides is 2. The van der Waals surface area contributed by atoms with Gasteiger partial charge in [0.2, 0.25) is 5.06 Å². The van der Waals surface area contributed by atoms with Crippen molar-refractivity contribution in [2.75, 3.05) is 17.3 Å². The second kappa shape index (κ2) is 7.27. The number of carbonyl (C=O) groups is 1. The number of halogens is 2. The molecular formula is C17H13F2N3O2S. The van der Waals surface area contributed by atoms with Crippen LogP contribution in [0.2, 0.25) is 0 Å². The number of hydrogen-bond acceptors (Lipinski definition) is 4. The number of hydrogen-bond donors (Lipinski definition) is 1. The number of para-hydroxylation sites is 1. The molecule has 0 atom stereocenters. The molecule has 3 rings (SSSR count). The van der Waals surface area contributed by atoms with E-state index in [4.69, 9.17) is 4.74 Å². The van der Waals surface area contributed by atoms with E-state index in [2.05, 4.69) is 10.3 Å². The van der Waals surface area contributed by atoms with Gasteiger partial charge in [-0.1, -0.05) is 29.5 Å². The van der Waals surface area contributed by atoms with Gasteiger partial charge in [-0.3, -0.25) is 10.2 Å². The van der Waals surface area contributed by atoms with Crippen LogP contribution in [0.3, 0.4) is 0 Å². The van der Waals surface area contributed by atoms with Crippen LogP contribution >= 0.6 is 11.3 Å². The number of rotatable bonds is 4. The molecule has 1 aromatic heterocycles. The Hall–Kier alpha value is -3.00. The largest absolute Gasteiger partial charge is 0.442 e. The summed E-state index contributed by atoms with van der Waals surface area (Å²) >= 11 is 1.05. The molecule has 1 N–H and O–H groups in total. The lowest BCUT2D eigenvalue weighted by molar-refractivity contribution is 0.258. The molecular weight excluding hydrogens is 348 g/mol. The van der Waals surface area contributed by atoms with Crippen LogP contribution < -0.4 is 15.0 Å². The molecule has 0 saturated heterocycles. The molecule has 0 radical (unpaired) electrons. The normalized spacial score (nSPS) is 10.4.